The Morgan fingerprint density at radius 2 is 2.12 bits per heavy atom. The van der Waals surface area contributed by atoms with Crippen LogP contribution in [0.2, 0.25) is 0 Å². The summed E-state index contributed by atoms with van der Waals surface area (Å²) in [7, 11) is 0. The third-order valence-corrected chi connectivity index (χ3v) is 3.00. The maximum absolute atomic E-state index is 5.69. The van der Waals surface area contributed by atoms with Gasteiger partial charge in [0.15, 0.2) is 5.58 Å². The van der Waals surface area contributed by atoms with Crippen LogP contribution in [-0.2, 0) is 0 Å². The van der Waals surface area contributed by atoms with Crippen LogP contribution in [0.4, 0.5) is 5.69 Å². The molecule has 0 radical (unpaired) electrons. The zero-order chi connectivity index (χ0) is 11.8. The molecule has 0 fully saturated rings. The molecule has 2 heterocycles. The predicted octanol–water partition coefficient (Wildman–Crippen LogP) is 3.23. The lowest BCUT2D eigenvalue weighted by atomic mass is 10.2. The van der Waals surface area contributed by atoms with Crippen molar-refractivity contribution >= 4 is 32.7 Å². The number of pyridine rings is 1. The Bertz CT molecular complexity index is 693. The van der Waals surface area contributed by atoms with Crippen molar-refractivity contribution in [3.8, 4) is 11.5 Å². The summed E-state index contributed by atoms with van der Waals surface area (Å²) in [5.74, 6) is 0.520. The summed E-state index contributed by atoms with van der Waals surface area (Å²) in [6, 6.07) is 7.50. The SMILES string of the molecule is Nc1cncc(-c2nc3cccc(Br)c3o2)c1. The van der Waals surface area contributed by atoms with E-state index in [1.807, 2.05) is 18.2 Å². The summed E-state index contributed by atoms with van der Waals surface area (Å²) in [4.78, 5) is 8.41. The van der Waals surface area contributed by atoms with Crippen LogP contribution in [-0.4, -0.2) is 9.97 Å². The molecule has 5 heteroatoms. The average Bonchev–Trinajstić information content (AvgIpc) is 2.74. The van der Waals surface area contributed by atoms with Crippen molar-refractivity contribution in [2.45, 2.75) is 0 Å². The minimum absolute atomic E-state index is 0.520. The van der Waals surface area contributed by atoms with E-state index < -0.39 is 0 Å². The third-order valence-electron chi connectivity index (χ3n) is 2.37. The van der Waals surface area contributed by atoms with Crippen molar-refractivity contribution in [3.63, 3.8) is 0 Å². The van der Waals surface area contributed by atoms with E-state index >= 15 is 0 Å². The van der Waals surface area contributed by atoms with Gasteiger partial charge >= 0.3 is 0 Å². The number of oxazole rings is 1. The van der Waals surface area contributed by atoms with Crippen molar-refractivity contribution in [1.82, 2.24) is 9.97 Å². The summed E-state index contributed by atoms with van der Waals surface area (Å²) < 4.78 is 6.57. The van der Waals surface area contributed by atoms with E-state index in [1.165, 1.54) is 0 Å². The van der Waals surface area contributed by atoms with Gasteiger partial charge in [-0.1, -0.05) is 6.07 Å². The van der Waals surface area contributed by atoms with E-state index in [2.05, 4.69) is 25.9 Å². The fourth-order valence-electron chi connectivity index (χ4n) is 1.61. The zero-order valence-corrected chi connectivity index (χ0v) is 10.3. The number of rotatable bonds is 1. The highest BCUT2D eigenvalue weighted by molar-refractivity contribution is 9.10. The molecule has 0 spiro atoms. The second-order valence-electron chi connectivity index (χ2n) is 3.61. The van der Waals surface area contributed by atoms with Crippen molar-refractivity contribution in [1.29, 1.82) is 0 Å². The van der Waals surface area contributed by atoms with Crippen LogP contribution in [0.15, 0.2) is 45.5 Å². The summed E-state index contributed by atoms with van der Waals surface area (Å²) in [5, 5.41) is 0. The van der Waals surface area contributed by atoms with Crippen LogP contribution in [0.25, 0.3) is 22.6 Å². The van der Waals surface area contributed by atoms with Crippen molar-refractivity contribution in [2.24, 2.45) is 0 Å². The predicted molar refractivity (Wildman–Crippen MR) is 69.4 cm³/mol. The quantitative estimate of drug-likeness (QED) is 0.747. The molecule has 2 N–H and O–H groups in total. The van der Waals surface area contributed by atoms with Crippen molar-refractivity contribution in [3.05, 3.63) is 41.1 Å². The largest absolute Gasteiger partial charge is 0.435 e. The van der Waals surface area contributed by atoms with Crippen LogP contribution in [0, 0.1) is 0 Å². The first-order chi connectivity index (χ1) is 8.24. The normalized spacial score (nSPS) is 10.9. The van der Waals surface area contributed by atoms with Gasteiger partial charge in [-0.2, -0.15) is 0 Å². The lowest BCUT2D eigenvalue weighted by molar-refractivity contribution is 0.618. The van der Waals surface area contributed by atoms with Gasteiger partial charge in [-0.3, -0.25) is 4.98 Å². The molecular formula is C12H8BrN3O. The number of benzene rings is 1. The first kappa shape index (κ1) is 10.3. The molecule has 0 aliphatic heterocycles. The number of halogens is 1. The number of nitrogen functional groups attached to an aromatic ring is 1. The molecule has 0 unspecified atom stereocenters. The van der Waals surface area contributed by atoms with E-state index in [0.29, 0.717) is 11.6 Å². The Morgan fingerprint density at radius 1 is 1.24 bits per heavy atom. The van der Waals surface area contributed by atoms with E-state index in [0.717, 1.165) is 21.1 Å². The number of anilines is 1. The van der Waals surface area contributed by atoms with Gasteiger partial charge in [-0.15, -0.1) is 0 Å². The minimum Gasteiger partial charge on any atom is -0.435 e. The van der Waals surface area contributed by atoms with Crippen LogP contribution in [0.3, 0.4) is 0 Å². The maximum atomic E-state index is 5.69. The van der Waals surface area contributed by atoms with Gasteiger partial charge in [-0.05, 0) is 34.1 Å². The average molecular weight is 290 g/mol. The van der Waals surface area contributed by atoms with E-state index in [9.17, 15) is 0 Å². The number of aromatic nitrogens is 2. The number of fused-ring (bicyclic) bond motifs is 1. The molecule has 0 saturated carbocycles. The van der Waals surface area contributed by atoms with E-state index in [1.54, 1.807) is 18.5 Å². The summed E-state index contributed by atoms with van der Waals surface area (Å²) in [6.07, 6.45) is 3.26. The van der Waals surface area contributed by atoms with E-state index in [4.69, 9.17) is 10.2 Å². The first-order valence-electron chi connectivity index (χ1n) is 5.00. The van der Waals surface area contributed by atoms with Crippen LogP contribution in [0.5, 0.6) is 0 Å². The molecule has 2 aromatic heterocycles. The molecule has 84 valence electrons. The summed E-state index contributed by atoms with van der Waals surface area (Å²) >= 11 is 3.42. The lowest BCUT2D eigenvalue weighted by Gasteiger charge is -1.95. The molecule has 17 heavy (non-hydrogen) atoms. The number of nitrogens with two attached hydrogens (primary N) is 1. The summed E-state index contributed by atoms with van der Waals surface area (Å²) in [5.41, 5.74) is 8.57. The maximum Gasteiger partial charge on any atom is 0.229 e. The second kappa shape index (κ2) is 3.85. The molecule has 4 nitrogen and oxygen atoms in total. The first-order valence-corrected chi connectivity index (χ1v) is 5.79. The molecule has 0 amide bonds. The fraction of sp³-hybridized carbons (Fsp3) is 0. The Hall–Kier alpha value is -1.88. The van der Waals surface area contributed by atoms with Gasteiger partial charge in [0.05, 0.1) is 15.7 Å². The number of hydrogen-bond donors (Lipinski definition) is 1. The standard InChI is InChI=1S/C12H8BrN3O/c13-9-2-1-3-10-11(9)17-12(16-10)7-4-8(14)6-15-5-7/h1-6H,14H2. The number of hydrogen-bond acceptors (Lipinski definition) is 4. The van der Waals surface area contributed by atoms with Crippen molar-refractivity contribution in [2.75, 3.05) is 5.73 Å². The number of nitrogens with zero attached hydrogens (tertiary/aromatic N) is 2. The molecule has 0 saturated heterocycles. The van der Waals surface area contributed by atoms with Crippen LogP contribution < -0.4 is 5.73 Å². The highest BCUT2D eigenvalue weighted by Crippen LogP contribution is 2.29. The van der Waals surface area contributed by atoms with Crippen LogP contribution in [0.1, 0.15) is 0 Å². The Labute approximate surface area is 106 Å². The van der Waals surface area contributed by atoms with Gasteiger partial charge < -0.3 is 10.2 Å². The van der Waals surface area contributed by atoms with Gasteiger partial charge in [0.25, 0.3) is 0 Å². The highest BCUT2D eigenvalue weighted by atomic mass is 79.9. The third kappa shape index (κ3) is 1.78. The topological polar surface area (TPSA) is 64.9 Å². The van der Waals surface area contributed by atoms with Gasteiger partial charge in [0.2, 0.25) is 5.89 Å². The molecule has 0 bridgehead atoms. The van der Waals surface area contributed by atoms with E-state index in [-0.39, 0.29) is 0 Å². The van der Waals surface area contributed by atoms with Gasteiger partial charge in [-0.25, -0.2) is 4.98 Å². The molecule has 0 atom stereocenters. The second-order valence-corrected chi connectivity index (χ2v) is 4.47. The Balaban J connectivity index is 2.22. The monoisotopic (exact) mass is 289 g/mol. The smallest absolute Gasteiger partial charge is 0.229 e. The number of para-hydroxylation sites is 1. The lowest BCUT2D eigenvalue weighted by Crippen LogP contribution is -1.87. The molecule has 0 aliphatic rings. The fourth-order valence-corrected chi connectivity index (χ4v) is 2.05. The van der Waals surface area contributed by atoms with Crippen molar-refractivity contribution < 1.29 is 4.42 Å². The van der Waals surface area contributed by atoms with Crippen LogP contribution >= 0.6 is 15.9 Å². The Morgan fingerprint density at radius 3 is 2.88 bits per heavy atom. The Kier molecular flexibility index (Phi) is 2.33. The zero-order valence-electron chi connectivity index (χ0n) is 8.72. The highest BCUT2D eigenvalue weighted by Gasteiger charge is 2.10. The molecule has 3 rings (SSSR count). The molecule has 1 aromatic carbocycles. The molecular weight excluding hydrogens is 282 g/mol. The summed E-state index contributed by atoms with van der Waals surface area (Å²) in [6.45, 7) is 0. The van der Waals surface area contributed by atoms with Gasteiger partial charge in [0.1, 0.15) is 5.52 Å². The molecule has 0 aliphatic carbocycles. The molecule has 3 aromatic rings. The minimum atomic E-state index is 0.520. The van der Waals surface area contributed by atoms with Gasteiger partial charge in [0, 0.05) is 12.4 Å².